The normalized spacial score (nSPS) is 20.3. The van der Waals surface area contributed by atoms with E-state index in [9.17, 15) is 0 Å². The number of ether oxygens (including phenoxy) is 5. The highest BCUT2D eigenvalue weighted by Gasteiger charge is 2.69. The lowest BCUT2D eigenvalue weighted by Crippen LogP contribution is -2.76. The second-order valence-corrected chi connectivity index (χ2v) is 10.5. The minimum absolute atomic E-state index is 0.509. The van der Waals surface area contributed by atoms with E-state index in [-0.39, 0.29) is 0 Å². The van der Waals surface area contributed by atoms with Gasteiger partial charge in [-0.05, 0) is 68.2 Å². The molecule has 0 saturated carbocycles. The lowest BCUT2D eigenvalue weighted by Gasteiger charge is -2.63. The van der Waals surface area contributed by atoms with Crippen LogP contribution in [0.3, 0.4) is 0 Å². The van der Waals surface area contributed by atoms with Gasteiger partial charge >= 0.3 is 0 Å². The molecule has 0 aromatic rings. The van der Waals surface area contributed by atoms with Gasteiger partial charge < -0.3 is 29.4 Å². The summed E-state index contributed by atoms with van der Waals surface area (Å²) in [5.74, 6) is -1.83. The van der Waals surface area contributed by atoms with Crippen LogP contribution in [0, 0.1) is 0 Å². The fourth-order valence-electron chi connectivity index (χ4n) is 4.64. The molecule has 0 aromatic carbocycles. The van der Waals surface area contributed by atoms with Gasteiger partial charge in [0.25, 0.3) is 0 Å². The van der Waals surface area contributed by atoms with Crippen LogP contribution in [0.15, 0.2) is 0 Å². The highest BCUT2D eigenvalue weighted by molar-refractivity contribution is 7.21. The summed E-state index contributed by atoms with van der Waals surface area (Å²) in [4.78, 5) is 0. The minimum Gasteiger partial charge on any atom is -0.355 e. The quantitative estimate of drug-likeness (QED) is 0.261. The van der Waals surface area contributed by atoms with Crippen LogP contribution in [0.5, 0.6) is 0 Å². The molecule has 0 heterocycles. The molecule has 0 rings (SSSR count). The van der Waals surface area contributed by atoms with Gasteiger partial charge in [0.2, 0.25) is 0 Å². The van der Waals surface area contributed by atoms with Crippen LogP contribution in [0.4, 0.5) is 0 Å². The van der Waals surface area contributed by atoms with Crippen molar-refractivity contribution in [1.82, 2.24) is 0 Å². The standard InChI is InChI=1S/C22H49NO5P2/c1-11-21(24-13-3,25-14-4)19(9,29)18(8,28-17(7)23)20(10,30)22(12-2,26-15-5)27-16-6/h17H,11-16,23,29-30H2,1-10H3. The van der Waals surface area contributed by atoms with Crippen molar-refractivity contribution < 1.29 is 23.7 Å². The van der Waals surface area contributed by atoms with E-state index in [0.29, 0.717) is 39.3 Å². The van der Waals surface area contributed by atoms with E-state index in [4.69, 9.17) is 29.4 Å². The first-order chi connectivity index (χ1) is 13.8. The average Bonchev–Trinajstić information content (AvgIpc) is 2.66. The molecule has 5 unspecified atom stereocenters. The molecule has 0 aromatic heterocycles. The van der Waals surface area contributed by atoms with Crippen molar-refractivity contribution in [2.75, 3.05) is 26.4 Å². The van der Waals surface area contributed by atoms with Crippen LogP contribution in [0.2, 0.25) is 0 Å². The van der Waals surface area contributed by atoms with Crippen LogP contribution in [0.1, 0.15) is 82.1 Å². The molecular weight excluding hydrogens is 420 g/mol. The molecule has 2 N–H and O–H groups in total. The molecule has 5 atom stereocenters. The van der Waals surface area contributed by atoms with Crippen LogP contribution >= 0.6 is 18.5 Å². The molecule has 30 heavy (non-hydrogen) atoms. The number of hydrogen-bond acceptors (Lipinski definition) is 6. The summed E-state index contributed by atoms with van der Waals surface area (Å²) in [5, 5.41) is -1.45. The Morgan fingerprint density at radius 2 is 0.933 bits per heavy atom. The zero-order valence-electron chi connectivity index (χ0n) is 21.1. The Balaban J connectivity index is 7.01. The lowest BCUT2D eigenvalue weighted by molar-refractivity contribution is -0.322. The van der Waals surface area contributed by atoms with Gasteiger partial charge in [-0.25, -0.2) is 0 Å². The van der Waals surface area contributed by atoms with Crippen LogP contribution in [0.25, 0.3) is 0 Å². The summed E-state index contributed by atoms with van der Waals surface area (Å²) in [6, 6.07) is 0. The monoisotopic (exact) mass is 469 g/mol. The summed E-state index contributed by atoms with van der Waals surface area (Å²) < 4.78 is 31.9. The summed E-state index contributed by atoms with van der Waals surface area (Å²) in [6.45, 7) is 22.2. The Morgan fingerprint density at radius 3 is 1.10 bits per heavy atom. The minimum atomic E-state index is -0.916. The molecule has 0 amide bonds. The van der Waals surface area contributed by atoms with Crippen molar-refractivity contribution in [3.8, 4) is 0 Å². The van der Waals surface area contributed by atoms with E-state index >= 15 is 0 Å². The summed E-state index contributed by atoms with van der Waals surface area (Å²) >= 11 is 0. The lowest BCUT2D eigenvalue weighted by atomic mass is 9.69. The third kappa shape index (κ3) is 5.39. The molecule has 0 aliphatic carbocycles. The maximum absolute atomic E-state index is 6.58. The molecule has 0 spiro atoms. The van der Waals surface area contributed by atoms with Crippen molar-refractivity contribution in [3.05, 3.63) is 0 Å². The molecule has 0 radical (unpaired) electrons. The maximum atomic E-state index is 6.58. The summed E-state index contributed by atoms with van der Waals surface area (Å²) in [6.07, 6.45) is 0.746. The van der Waals surface area contributed by atoms with Gasteiger partial charge in [-0.15, -0.1) is 18.5 Å². The second-order valence-electron chi connectivity index (χ2n) is 8.21. The Labute approximate surface area is 190 Å². The first-order valence-corrected chi connectivity index (χ1v) is 12.5. The number of hydrogen-bond donors (Lipinski definition) is 1. The fraction of sp³-hybridized carbons (Fsp3) is 1.00. The molecule has 8 heteroatoms. The van der Waals surface area contributed by atoms with Gasteiger partial charge in [0.1, 0.15) is 6.23 Å². The molecule has 0 aliphatic heterocycles. The number of rotatable bonds is 16. The number of nitrogens with two attached hydrogens (primary N) is 1. The smallest absolute Gasteiger partial charge is 0.179 e. The van der Waals surface area contributed by atoms with Gasteiger partial charge in [0.05, 0.1) is 15.9 Å². The molecule has 6 nitrogen and oxygen atoms in total. The van der Waals surface area contributed by atoms with Crippen molar-refractivity contribution in [1.29, 1.82) is 0 Å². The van der Waals surface area contributed by atoms with E-state index in [1.807, 2.05) is 34.6 Å². The average molecular weight is 470 g/mol. The SMILES string of the molecule is CCOC(CC)(OCC)C(C)(P)C(C)(OC(C)N)C(C)(P)C(CC)(OCC)OCC. The predicted molar refractivity (Wildman–Crippen MR) is 132 cm³/mol. The highest BCUT2D eigenvalue weighted by atomic mass is 31.0. The van der Waals surface area contributed by atoms with Gasteiger partial charge in [0.15, 0.2) is 11.6 Å². The summed E-state index contributed by atoms with van der Waals surface area (Å²) in [5.41, 5.74) is 5.32. The van der Waals surface area contributed by atoms with E-state index in [2.05, 4.69) is 53.1 Å². The largest absolute Gasteiger partial charge is 0.355 e. The van der Waals surface area contributed by atoms with Gasteiger partial charge in [-0.1, -0.05) is 13.8 Å². The van der Waals surface area contributed by atoms with E-state index in [1.54, 1.807) is 0 Å². The molecule has 0 fully saturated rings. The highest BCUT2D eigenvalue weighted by Crippen LogP contribution is 2.59. The van der Waals surface area contributed by atoms with Crippen molar-refractivity contribution >= 4 is 18.5 Å². The van der Waals surface area contributed by atoms with Crippen LogP contribution in [-0.4, -0.2) is 60.1 Å². The van der Waals surface area contributed by atoms with E-state index in [1.165, 1.54) is 0 Å². The zero-order chi connectivity index (χ0) is 23.9. The van der Waals surface area contributed by atoms with Crippen LogP contribution in [-0.2, 0) is 23.7 Å². The fourth-order valence-corrected chi connectivity index (χ4v) is 6.29. The Kier molecular flexibility index (Phi) is 12.4. The first kappa shape index (κ1) is 30.6. The molecule has 0 bridgehead atoms. The first-order valence-electron chi connectivity index (χ1n) is 11.3. The maximum Gasteiger partial charge on any atom is 0.179 e. The van der Waals surface area contributed by atoms with Crippen molar-refractivity contribution in [3.63, 3.8) is 0 Å². The second kappa shape index (κ2) is 12.2. The van der Waals surface area contributed by atoms with E-state index < -0.39 is 33.7 Å². The molecule has 0 aliphatic rings. The predicted octanol–water partition coefficient (Wildman–Crippen LogP) is 4.69. The third-order valence-corrected chi connectivity index (χ3v) is 8.41. The topological polar surface area (TPSA) is 72.2 Å². The zero-order valence-corrected chi connectivity index (χ0v) is 23.4. The van der Waals surface area contributed by atoms with Gasteiger partial charge in [-0.3, -0.25) is 0 Å². The molecule has 182 valence electrons. The van der Waals surface area contributed by atoms with Crippen molar-refractivity contribution in [2.24, 2.45) is 5.73 Å². The van der Waals surface area contributed by atoms with Gasteiger partial charge in [-0.2, -0.15) is 0 Å². The Hall–Kier alpha value is 0.620. The Morgan fingerprint density at radius 1 is 0.667 bits per heavy atom. The molecule has 0 saturated heterocycles. The summed E-state index contributed by atoms with van der Waals surface area (Å²) in [7, 11) is 5.94. The van der Waals surface area contributed by atoms with E-state index in [0.717, 1.165) is 0 Å². The third-order valence-electron chi connectivity index (χ3n) is 6.43. The molecular formula is C22H49NO5P2. The van der Waals surface area contributed by atoms with Crippen LogP contribution < -0.4 is 5.73 Å². The Bertz CT molecular complexity index is 452. The van der Waals surface area contributed by atoms with Gasteiger partial charge in [0, 0.05) is 26.4 Å². The van der Waals surface area contributed by atoms with Crippen molar-refractivity contribution in [2.45, 2.75) is 116 Å².